The maximum Gasteiger partial charge on any atom is 0.258 e. The summed E-state index contributed by atoms with van der Waals surface area (Å²) in [6, 6.07) is 6.39. The number of nitrogen functional groups attached to an aromatic ring is 1. The van der Waals surface area contributed by atoms with Crippen molar-refractivity contribution in [2.24, 2.45) is 0 Å². The van der Waals surface area contributed by atoms with Gasteiger partial charge in [0.05, 0.1) is 22.0 Å². The van der Waals surface area contributed by atoms with E-state index in [1.807, 2.05) is 27.0 Å². The lowest BCUT2D eigenvalue weighted by Gasteiger charge is -2.38. The van der Waals surface area contributed by atoms with Crippen LogP contribution in [0.3, 0.4) is 0 Å². The van der Waals surface area contributed by atoms with Gasteiger partial charge in [-0.3, -0.25) is 4.79 Å². The lowest BCUT2D eigenvalue weighted by atomic mass is 9.96. The van der Waals surface area contributed by atoms with Gasteiger partial charge in [0.2, 0.25) is 0 Å². The second-order valence-corrected chi connectivity index (χ2v) is 8.70. The maximum absolute atomic E-state index is 15.4. The Hall–Kier alpha value is -3.10. The Morgan fingerprint density at radius 2 is 2.00 bits per heavy atom. The van der Waals surface area contributed by atoms with Gasteiger partial charge >= 0.3 is 0 Å². The summed E-state index contributed by atoms with van der Waals surface area (Å²) in [5, 5.41) is 0.0548. The Balaban J connectivity index is 1.78. The Morgan fingerprint density at radius 1 is 1.21 bits per heavy atom. The van der Waals surface area contributed by atoms with Gasteiger partial charge in [-0.1, -0.05) is 18.5 Å². The molecule has 0 aliphatic carbocycles. The highest BCUT2D eigenvalue weighted by atomic mass is 35.5. The third-order valence-corrected chi connectivity index (χ3v) is 6.25. The molecule has 1 aliphatic rings. The summed E-state index contributed by atoms with van der Waals surface area (Å²) >= 11 is 6.50. The molecule has 0 saturated carbocycles. The van der Waals surface area contributed by atoms with Crippen molar-refractivity contribution in [3.63, 3.8) is 0 Å². The van der Waals surface area contributed by atoms with Gasteiger partial charge in [-0.15, -0.1) is 0 Å². The molecule has 0 bridgehead atoms. The number of carbonyl (C=O) groups excluding carboxylic acids is 1. The summed E-state index contributed by atoms with van der Waals surface area (Å²) in [4.78, 5) is 30.0. The van der Waals surface area contributed by atoms with Crippen molar-refractivity contribution >= 4 is 23.3 Å². The highest BCUT2D eigenvalue weighted by Crippen LogP contribution is 2.36. The van der Waals surface area contributed by atoms with Crippen molar-refractivity contribution in [3.05, 3.63) is 58.9 Å². The number of carbonyl (C=O) groups is 1. The van der Waals surface area contributed by atoms with Crippen LogP contribution in [0, 0.1) is 5.82 Å². The van der Waals surface area contributed by atoms with Crippen molar-refractivity contribution in [1.82, 2.24) is 24.8 Å². The molecule has 1 atom stereocenters. The fraction of sp³-hybridized carbons (Fsp3) is 0.333. The number of amides is 1. The van der Waals surface area contributed by atoms with Gasteiger partial charge in [-0.05, 0) is 44.7 Å². The molecule has 0 radical (unpaired) electrons. The number of rotatable bonds is 4. The number of pyridine rings is 1. The van der Waals surface area contributed by atoms with Crippen LogP contribution in [0.4, 0.5) is 10.2 Å². The monoisotopic (exact) mass is 468 g/mol. The van der Waals surface area contributed by atoms with E-state index in [1.54, 1.807) is 23.2 Å². The van der Waals surface area contributed by atoms with Gasteiger partial charge in [-0.2, -0.15) is 0 Å². The molecule has 172 valence electrons. The minimum absolute atomic E-state index is 0.0370. The minimum Gasteiger partial charge on any atom is -0.384 e. The van der Waals surface area contributed by atoms with Crippen LogP contribution in [0.1, 0.15) is 29.9 Å². The zero-order valence-corrected chi connectivity index (χ0v) is 19.6. The Labute approximate surface area is 197 Å². The first-order valence-corrected chi connectivity index (χ1v) is 11.2. The van der Waals surface area contributed by atoms with Gasteiger partial charge in [-0.25, -0.2) is 19.3 Å². The molecular weight excluding hydrogens is 443 g/mol. The number of halogens is 2. The molecule has 1 saturated heterocycles. The predicted molar refractivity (Wildman–Crippen MR) is 127 cm³/mol. The van der Waals surface area contributed by atoms with E-state index in [-0.39, 0.29) is 16.6 Å². The first kappa shape index (κ1) is 23.1. The topological polar surface area (TPSA) is 88.2 Å². The van der Waals surface area contributed by atoms with Crippen LogP contribution >= 0.6 is 11.6 Å². The largest absolute Gasteiger partial charge is 0.384 e. The summed E-state index contributed by atoms with van der Waals surface area (Å²) in [5.41, 5.74) is 8.89. The number of piperazine rings is 1. The molecule has 4 rings (SSSR count). The molecule has 1 aliphatic heterocycles. The standard InChI is InChI=1S/C24H26ClFN6O/c1-4-19-21(15-5-6-20(27)28-11-15)23(30-13-29-19)16-9-17(25)22(18(26)10-16)24(33)32-8-7-31(3)12-14(32)2/h5-6,9-11,13-14H,4,7-8,12H2,1-3H3,(H2,27,28)/t14-/m0/s1. The van der Waals surface area contributed by atoms with E-state index in [0.29, 0.717) is 30.0 Å². The van der Waals surface area contributed by atoms with Crippen LogP contribution in [0.2, 0.25) is 5.02 Å². The van der Waals surface area contributed by atoms with E-state index in [4.69, 9.17) is 17.3 Å². The van der Waals surface area contributed by atoms with Gasteiger partial charge in [0.1, 0.15) is 18.0 Å². The number of nitrogens with zero attached hydrogens (tertiary/aromatic N) is 5. The summed E-state index contributed by atoms with van der Waals surface area (Å²) in [5.74, 6) is -0.679. The van der Waals surface area contributed by atoms with E-state index >= 15 is 4.39 Å². The van der Waals surface area contributed by atoms with Crippen molar-refractivity contribution in [2.75, 3.05) is 32.4 Å². The van der Waals surface area contributed by atoms with Gasteiger partial charge < -0.3 is 15.5 Å². The Bertz CT molecular complexity index is 1160. The number of anilines is 1. The molecule has 2 aromatic heterocycles. The second kappa shape index (κ2) is 9.41. The number of hydrogen-bond acceptors (Lipinski definition) is 6. The predicted octanol–water partition coefficient (Wildman–Crippen LogP) is 3.92. The van der Waals surface area contributed by atoms with Crippen LogP contribution in [0.25, 0.3) is 22.4 Å². The summed E-state index contributed by atoms with van der Waals surface area (Å²) in [7, 11) is 2.00. The average Bonchev–Trinajstić information content (AvgIpc) is 2.78. The molecule has 33 heavy (non-hydrogen) atoms. The van der Waals surface area contributed by atoms with E-state index in [0.717, 1.165) is 29.9 Å². The first-order chi connectivity index (χ1) is 15.8. The smallest absolute Gasteiger partial charge is 0.258 e. The number of aromatic nitrogens is 3. The number of benzene rings is 1. The van der Waals surface area contributed by atoms with E-state index < -0.39 is 11.7 Å². The van der Waals surface area contributed by atoms with Crippen molar-refractivity contribution in [1.29, 1.82) is 0 Å². The molecule has 0 spiro atoms. The fourth-order valence-electron chi connectivity index (χ4n) is 4.26. The van der Waals surface area contributed by atoms with Crippen LogP contribution in [-0.2, 0) is 6.42 Å². The summed E-state index contributed by atoms with van der Waals surface area (Å²) < 4.78 is 15.4. The van der Waals surface area contributed by atoms with E-state index in [1.165, 1.54) is 12.4 Å². The van der Waals surface area contributed by atoms with Crippen LogP contribution in [-0.4, -0.2) is 63.4 Å². The normalized spacial score (nSPS) is 16.8. The molecule has 3 aromatic rings. The van der Waals surface area contributed by atoms with Gasteiger partial charge in [0.25, 0.3) is 5.91 Å². The quantitative estimate of drug-likeness (QED) is 0.624. The third-order valence-electron chi connectivity index (χ3n) is 5.96. The molecule has 7 nitrogen and oxygen atoms in total. The second-order valence-electron chi connectivity index (χ2n) is 8.29. The SMILES string of the molecule is CCc1ncnc(-c2cc(F)c(C(=O)N3CCN(C)C[C@@H]3C)c(Cl)c2)c1-c1ccc(N)nc1. The highest BCUT2D eigenvalue weighted by Gasteiger charge is 2.30. The average molecular weight is 469 g/mol. The number of hydrogen-bond donors (Lipinski definition) is 1. The molecule has 9 heteroatoms. The summed E-state index contributed by atoms with van der Waals surface area (Å²) in [6.45, 7) is 5.91. The van der Waals surface area contributed by atoms with E-state index in [2.05, 4.69) is 19.9 Å². The number of aryl methyl sites for hydroxylation is 1. The third kappa shape index (κ3) is 4.54. The Kier molecular flexibility index (Phi) is 6.58. The van der Waals surface area contributed by atoms with Gasteiger partial charge in [0.15, 0.2) is 0 Å². The molecular formula is C24H26ClFN6O. The zero-order chi connectivity index (χ0) is 23.7. The van der Waals surface area contributed by atoms with Crippen LogP contribution < -0.4 is 5.73 Å². The van der Waals surface area contributed by atoms with Crippen molar-refractivity contribution < 1.29 is 9.18 Å². The number of nitrogens with two attached hydrogens (primary N) is 1. The maximum atomic E-state index is 15.4. The lowest BCUT2D eigenvalue weighted by Crippen LogP contribution is -2.52. The highest BCUT2D eigenvalue weighted by molar-refractivity contribution is 6.34. The first-order valence-electron chi connectivity index (χ1n) is 10.8. The minimum atomic E-state index is -0.674. The van der Waals surface area contributed by atoms with Crippen molar-refractivity contribution in [2.45, 2.75) is 26.3 Å². The fourth-order valence-corrected chi connectivity index (χ4v) is 4.55. The van der Waals surface area contributed by atoms with Crippen LogP contribution in [0.5, 0.6) is 0 Å². The molecule has 1 aromatic carbocycles. The Morgan fingerprint density at radius 3 is 2.64 bits per heavy atom. The van der Waals surface area contributed by atoms with Gasteiger partial charge in [0, 0.05) is 48.6 Å². The van der Waals surface area contributed by atoms with Crippen LogP contribution in [0.15, 0.2) is 36.8 Å². The zero-order valence-electron chi connectivity index (χ0n) is 18.8. The van der Waals surface area contributed by atoms with Crippen molar-refractivity contribution in [3.8, 4) is 22.4 Å². The summed E-state index contributed by atoms with van der Waals surface area (Å²) in [6.07, 6.45) is 3.73. The molecule has 0 unspecified atom stereocenters. The molecule has 2 N–H and O–H groups in total. The lowest BCUT2D eigenvalue weighted by molar-refractivity contribution is 0.0529. The molecule has 3 heterocycles. The molecule has 1 amide bonds. The molecule has 1 fully saturated rings. The van der Waals surface area contributed by atoms with E-state index in [9.17, 15) is 4.79 Å². The number of likely N-dealkylation sites (N-methyl/N-ethyl adjacent to an activating group) is 1.